The standard InChI is InChI=1S/C22H24F2N4O3/c1-13-10-16(8-9-17(13)31-20(23)24)22(19(30)28(4)21(25)26-22)15-7-5-6-14(11-15)12-18(29)27(2)3/h5-11,20H,12H2,1-4H3,(H2,25,26). The molecule has 0 bridgehead atoms. The molecule has 7 nitrogen and oxygen atoms in total. The van der Waals surface area contributed by atoms with Gasteiger partial charge < -0.3 is 15.4 Å². The number of guanidine groups is 1. The molecule has 0 spiro atoms. The lowest BCUT2D eigenvalue weighted by molar-refractivity contribution is -0.129. The molecule has 2 amide bonds. The van der Waals surface area contributed by atoms with Crippen molar-refractivity contribution >= 4 is 17.8 Å². The highest BCUT2D eigenvalue weighted by molar-refractivity contribution is 6.09. The Balaban J connectivity index is 2.14. The third-order valence-electron chi connectivity index (χ3n) is 5.25. The van der Waals surface area contributed by atoms with Crippen molar-refractivity contribution in [3.05, 3.63) is 64.7 Å². The van der Waals surface area contributed by atoms with Crippen molar-refractivity contribution in [2.75, 3.05) is 21.1 Å². The zero-order valence-corrected chi connectivity index (χ0v) is 17.7. The highest BCUT2D eigenvalue weighted by atomic mass is 19.3. The number of carbonyl (C=O) groups is 2. The number of carbonyl (C=O) groups excluding carboxylic acids is 2. The molecule has 1 heterocycles. The summed E-state index contributed by atoms with van der Waals surface area (Å²) in [6.07, 6.45) is 0.153. The fourth-order valence-corrected chi connectivity index (χ4v) is 3.53. The summed E-state index contributed by atoms with van der Waals surface area (Å²) in [5, 5.41) is 0. The quantitative estimate of drug-likeness (QED) is 0.762. The lowest BCUT2D eigenvalue weighted by Gasteiger charge is -2.27. The molecular formula is C22H24F2N4O3. The van der Waals surface area contributed by atoms with Crippen LogP contribution in [0.15, 0.2) is 47.5 Å². The van der Waals surface area contributed by atoms with Gasteiger partial charge in [0.25, 0.3) is 5.91 Å². The van der Waals surface area contributed by atoms with Gasteiger partial charge in [-0.1, -0.05) is 30.3 Å². The zero-order valence-electron chi connectivity index (χ0n) is 17.7. The molecule has 0 saturated heterocycles. The van der Waals surface area contributed by atoms with Crippen LogP contribution in [-0.2, 0) is 21.5 Å². The maximum atomic E-state index is 13.4. The summed E-state index contributed by atoms with van der Waals surface area (Å²) >= 11 is 0. The van der Waals surface area contributed by atoms with E-state index in [1.807, 2.05) is 0 Å². The van der Waals surface area contributed by atoms with Crippen LogP contribution < -0.4 is 10.5 Å². The van der Waals surface area contributed by atoms with Crippen LogP contribution in [0.1, 0.15) is 22.3 Å². The first-order chi connectivity index (χ1) is 14.6. The fraction of sp³-hybridized carbons (Fsp3) is 0.318. The monoisotopic (exact) mass is 430 g/mol. The molecule has 2 aromatic carbocycles. The van der Waals surface area contributed by atoms with Gasteiger partial charge in [0.1, 0.15) is 5.75 Å². The van der Waals surface area contributed by atoms with Crippen molar-refractivity contribution in [3.8, 4) is 5.75 Å². The Bertz CT molecular complexity index is 1050. The maximum absolute atomic E-state index is 13.4. The Kier molecular flexibility index (Phi) is 5.97. The summed E-state index contributed by atoms with van der Waals surface area (Å²) in [4.78, 5) is 32.7. The summed E-state index contributed by atoms with van der Waals surface area (Å²) < 4.78 is 29.8. The minimum Gasteiger partial charge on any atom is -0.435 e. The number of nitrogens with zero attached hydrogens (tertiary/aromatic N) is 3. The van der Waals surface area contributed by atoms with Crippen LogP contribution in [0, 0.1) is 6.92 Å². The van der Waals surface area contributed by atoms with Gasteiger partial charge in [-0.15, -0.1) is 0 Å². The van der Waals surface area contributed by atoms with E-state index in [1.54, 1.807) is 51.4 Å². The van der Waals surface area contributed by atoms with E-state index < -0.39 is 12.2 Å². The zero-order chi connectivity index (χ0) is 22.9. The molecule has 31 heavy (non-hydrogen) atoms. The lowest BCUT2D eigenvalue weighted by atomic mass is 9.81. The molecule has 0 fully saturated rings. The number of benzene rings is 2. The van der Waals surface area contributed by atoms with Crippen LogP contribution in [0.2, 0.25) is 0 Å². The smallest absolute Gasteiger partial charge is 0.387 e. The molecule has 1 atom stereocenters. The summed E-state index contributed by atoms with van der Waals surface area (Å²) in [7, 11) is 4.85. The topological polar surface area (TPSA) is 88.2 Å². The summed E-state index contributed by atoms with van der Waals surface area (Å²) in [5.74, 6) is -0.434. The number of aryl methyl sites for hydroxylation is 1. The van der Waals surface area contributed by atoms with Crippen molar-refractivity contribution in [1.82, 2.24) is 9.80 Å². The van der Waals surface area contributed by atoms with Gasteiger partial charge in [-0.25, -0.2) is 4.99 Å². The van der Waals surface area contributed by atoms with Crippen molar-refractivity contribution < 1.29 is 23.1 Å². The van der Waals surface area contributed by atoms with Crippen molar-refractivity contribution in [2.45, 2.75) is 25.5 Å². The van der Waals surface area contributed by atoms with Crippen molar-refractivity contribution in [1.29, 1.82) is 0 Å². The third-order valence-corrected chi connectivity index (χ3v) is 5.25. The molecule has 0 saturated carbocycles. The predicted octanol–water partition coefficient (Wildman–Crippen LogP) is 2.26. The minimum absolute atomic E-state index is 0.00924. The second kappa shape index (κ2) is 8.33. The van der Waals surface area contributed by atoms with Gasteiger partial charge in [-0.2, -0.15) is 8.78 Å². The normalized spacial score (nSPS) is 18.4. The van der Waals surface area contributed by atoms with E-state index in [1.165, 1.54) is 29.0 Å². The third kappa shape index (κ3) is 4.08. The van der Waals surface area contributed by atoms with Crippen LogP contribution in [0.3, 0.4) is 0 Å². The molecule has 0 radical (unpaired) electrons. The summed E-state index contributed by atoms with van der Waals surface area (Å²) in [6.45, 7) is -1.35. The van der Waals surface area contributed by atoms with E-state index in [0.717, 1.165) is 0 Å². The number of hydrogen-bond donors (Lipinski definition) is 1. The Hall–Kier alpha value is -3.49. The molecular weight excluding hydrogens is 406 g/mol. The number of amides is 2. The number of ether oxygens (including phenoxy) is 1. The number of nitrogens with two attached hydrogens (primary N) is 1. The van der Waals surface area contributed by atoms with Crippen molar-refractivity contribution in [3.63, 3.8) is 0 Å². The average Bonchev–Trinajstić information content (AvgIpc) is 2.94. The van der Waals surface area contributed by atoms with Gasteiger partial charge in [-0.05, 0) is 41.3 Å². The number of rotatable bonds is 6. The molecule has 1 unspecified atom stereocenters. The SMILES string of the molecule is Cc1cc(C2(c3cccc(CC(=O)N(C)C)c3)N=C(N)N(C)C2=O)ccc1OC(F)F. The number of alkyl halides is 2. The Morgan fingerprint density at radius 2 is 1.90 bits per heavy atom. The second-order valence-corrected chi connectivity index (χ2v) is 7.57. The first kappa shape index (κ1) is 22.2. The van der Waals surface area contributed by atoms with Crippen LogP contribution in [0.5, 0.6) is 5.75 Å². The molecule has 0 aliphatic carbocycles. The van der Waals surface area contributed by atoms with Gasteiger partial charge in [0.05, 0.1) is 6.42 Å². The van der Waals surface area contributed by atoms with E-state index in [9.17, 15) is 18.4 Å². The Labute approximate surface area is 179 Å². The maximum Gasteiger partial charge on any atom is 0.387 e. The average molecular weight is 430 g/mol. The first-order valence-electron chi connectivity index (χ1n) is 9.55. The molecule has 9 heteroatoms. The number of halogens is 2. The van der Waals surface area contributed by atoms with E-state index in [0.29, 0.717) is 22.3 Å². The largest absolute Gasteiger partial charge is 0.435 e. The molecule has 2 aromatic rings. The van der Waals surface area contributed by atoms with Crippen LogP contribution in [0.25, 0.3) is 0 Å². The Morgan fingerprint density at radius 1 is 1.23 bits per heavy atom. The number of hydrogen-bond acceptors (Lipinski definition) is 5. The molecule has 1 aliphatic rings. The van der Waals surface area contributed by atoms with E-state index in [4.69, 9.17) is 5.73 Å². The predicted molar refractivity (Wildman–Crippen MR) is 112 cm³/mol. The van der Waals surface area contributed by atoms with Crippen molar-refractivity contribution in [2.24, 2.45) is 10.7 Å². The number of aliphatic imine (C=N–C) groups is 1. The minimum atomic E-state index is -2.96. The highest BCUT2D eigenvalue weighted by Gasteiger charge is 2.49. The summed E-state index contributed by atoms with van der Waals surface area (Å²) in [5.41, 5.74) is 6.60. The molecule has 2 N–H and O–H groups in total. The van der Waals surface area contributed by atoms with Gasteiger partial charge in [0, 0.05) is 21.1 Å². The number of likely N-dealkylation sites (N-methyl/N-ethyl adjacent to an activating group) is 2. The van der Waals surface area contributed by atoms with Gasteiger partial charge >= 0.3 is 6.61 Å². The first-order valence-corrected chi connectivity index (χ1v) is 9.55. The van der Waals surface area contributed by atoms with E-state index >= 15 is 0 Å². The molecule has 3 rings (SSSR count). The van der Waals surface area contributed by atoms with Crippen LogP contribution in [0.4, 0.5) is 8.78 Å². The highest BCUT2D eigenvalue weighted by Crippen LogP contribution is 2.41. The molecule has 164 valence electrons. The van der Waals surface area contributed by atoms with Gasteiger partial charge in [0.15, 0.2) is 11.5 Å². The van der Waals surface area contributed by atoms with Gasteiger partial charge in [0.2, 0.25) is 5.91 Å². The summed E-state index contributed by atoms with van der Waals surface area (Å²) in [6, 6.07) is 11.5. The second-order valence-electron chi connectivity index (χ2n) is 7.57. The van der Waals surface area contributed by atoms with E-state index in [-0.39, 0.29) is 29.9 Å². The van der Waals surface area contributed by atoms with Crippen LogP contribution in [-0.4, -0.2) is 55.3 Å². The molecule has 1 aliphatic heterocycles. The molecule has 0 aromatic heterocycles. The van der Waals surface area contributed by atoms with Crippen LogP contribution >= 0.6 is 0 Å². The lowest BCUT2D eigenvalue weighted by Crippen LogP contribution is -2.41. The van der Waals surface area contributed by atoms with E-state index in [2.05, 4.69) is 9.73 Å². The Morgan fingerprint density at radius 3 is 2.45 bits per heavy atom. The fourth-order valence-electron chi connectivity index (χ4n) is 3.53. The van der Waals surface area contributed by atoms with Gasteiger partial charge in [-0.3, -0.25) is 14.5 Å².